The molecule has 0 aromatic heterocycles. The molecule has 0 bridgehead atoms. The lowest BCUT2D eigenvalue weighted by Crippen LogP contribution is -2.24. The van der Waals surface area contributed by atoms with E-state index >= 15 is 0 Å². The minimum atomic E-state index is -1.20. The Morgan fingerprint density at radius 3 is 1.90 bits per heavy atom. The van der Waals surface area contributed by atoms with Gasteiger partial charge in [-0.25, -0.2) is 0 Å². The summed E-state index contributed by atoms with van der Waals surface area (Å²) in [6.07, 6.45) is 6.10. The van der Waals surface area contributed by atoms with E-state index in [0.29, 0.717) is 0 Å². The van der Waals surface area contributed by atoms with Gasteiger partial charge in [0.2, 0.25) is 0 Å². The van der Waals surface area contributed by atoms with E-state index in [1.807, 2.05) is 0 Å². The summed E-state index contributed by atoms with van der Waals surface area (Å²) >= 11 is 0. The predicted molar refractivity (Wildman–Crippen MR) is 97.8 cm³/mol. The summed E-state index contributed by atoms with van der Waals surface area (Å²) in [5.74, 6) is 0. The van der Waals surface area contributed by atoms with Gasteiger partial charge in [0.1, 0.15) is 0 Å². The van der Waals surface area contributed by atoms with Crippen molar-refractivity contribution in [3.05, 3.63) is 57.3 Å². The third-order valence-corrected chi connectivity index (χ3v) is 6.92. The smallest absolute Gasteiger partial charge is 0.0771 e. The molecule has 1 aromatic carbocycles. The number of hydrogen-bond acceptors (Lipinski definition) is 0. The lowest BCUT2D eigenvalue weighted by molar-refractivity contribution is 0.604. The summed E-state index contributed by atoms with van der Waals surface area (Å²) in [6, 6.07) is 4.65. The van der Waals surface area contributed by atoms with E-state index in [2.05, 4.69) is 78.5 Å². The number of aryl methyl sites for hydroxylation is 3. The van der Waals surface area contributed by atoms with Crippen molar-refractivity contribution >= 4 is 8.07 Å². The van der Waals surface area contributed by atoms with Crippen molar-refractivity contribution in [3.8, 4) is 0 Å². The molecule has 0 nitrogen and oxygen atoms in total. The predicted octanol–water partition coefficient (Wildman–Crippen LogP) is 6.02. The van der Waals surface area contributed by atoms with E-state index in [-0.39, 0.29) is 5.41 Å². The van der Waals surface area contributed by atoms with Crippen LogP contribution < -0.4 is 0 Å². The Bertz CT molecular complexity index is 599. The number of allylic oxidation sites excluding steroid dienone is 4. The zero-order valence-electron chi connectivity index (χ0n) is 15.0. The van der Waals surface area contributed by atoms with Crippen molar-refractivity contribution in [2.75, 3.05) is 0 Å². The van der Waals surface area contributed by atoms with E-state index < -0.39 is 8.07 Å². The Hall–Kier alpha value is -1.08. The molecule has 2 rings (SSSR count). The molecule has 1 aliphatic carbocycles. The molecule has 0 atom stereocenters. The Labute approximate surface area is 132 Å². The van der Waals surface area contributed by atoms with Crippen molar-refractivity contribution in [1.29, 1.82) is 0 Å². The van der Waals surface area contributed by atoms with E-state index in [1.165, 1.54) is 22.3 Å². The van der Waals surface area contributed by atoms with Crippen LogP contribution in [0.25, 0.3) is 0 Å². The molecule has 1 aliphatic rings. The highest BCUT2D eigenvalue weighted by molar-refractivity contribution is 6.83. The first-order valence-corrected chi connectivity index (χ1v) is 11.5. The molecular formula is C20H30Si. The molecular weight excluding hydrogens is 268 g/mol. The van der Waals surface area contributed by atoms with Crippen LogP contribution in [-0.2, 0) is 5.41 Å². The van der Waals surface area contributed by atoms with Gasteiger partial charge in [-0.05, 0) is 43.9 Å². The second-order valence-electron chi connectivity index (χ2n) is 8.18. The SMILES string of the molecule is Cc1cc(C)c(C(C)(C)C2=CC([Si](C)(C)C)=CC2)c(C)c1. The Balaban J connectivity index is 2.46. The maximum absolute atomic E-state index is 2.50. The van der Waals surface area contributed by atoms with Crippen LogP contribution in [0.4, 0.5) is 0 Å². The van der Waals surface area contributed by atoms with E-state index in [0.717, 1.165) is 6.42 Å². The Morgan fingerprint density at radius 1 is 0.952 bits per heavy atom. The Morgan fingerprint density at radius 2 is 1.48 bits per heavy atom. The average molecular weight is 299 g/mol. The van der Waals surface area contributed by atoms with Gasteiger partial charge < -0.3 is 0 Å². The van der Waals surface area contributed by atoms with Crippen LogP contribution in [0.5, 0.6) is 0 Å². The van der Waals surface area contributed by atoms with Gasteiger partial charge >= 0.3 is 0 Å². The first-order valence-electron chi connectivity index (χ1n) is 8.03. The minimum Gasteiger partial charge on any atom is -0.0812 e. The van der Waals surface area contributed by atoms with Crippen LogP contribution in [0.15, 0.2) is 35.1 Å². The Kier molecular flexibility index (Phi) is 4.09. The zero-order chi connectivity index (χ0) is 16.0. The largest absolute Gasteiger partial charge is 0.0812 e. The number of rotatable bonds is 3. The van der Waals surface area contributed by atoms with Gasteiger partial charge in [-0.3, -0.25) is 0 Å². The summed E-state index contributed by atoms with van der Waals surface area (Å²) in [5, 5.41) is 1.62. The molecule has 1 aromatic rings. The van der Waals surface area contributed by atoms with Crippen LogP contribution in [0.3, 0.4) is 0 Å². The molecule has 0 N–H and O–H groups in total. The summed E-state index contributed by atoms with van der Waals surface area (Å²) in [5.41, 5.74) is 7.45. The van der Waals surface area contributed by atoms with Crippen LogP contribution in [-0.4, -0.2) is 8.07 Å². The maximum atomic E-state index is 2.50. The van der Waals surface area contributed by atoms with Gasteiger partial charge in [-0.15, -0.1) is 0 Å². The molecule has 0 amide bonds. The van der Waals surface area contributed by atoms with Crippen LogP contribution in [0.2, 0.25) is 19.6 Å². The summed E-state index contributed by atoms with van der Waals surface area (Å²) in [6.45, 7) is 18.8. The standard InChI is InChI=1S/C20H30Si/c1-14-11-15(2)19(16(3)12-14)20(4,5)17-9-10-18(13-17)21(6,7)8/h10-13H,9H2,1-8H3. The second kappa shape index (κ2) is 5.28. The fourth-order valence-electron chi connectivity index (χ4n) is 3.81. The molecule has 0 saturated carbocycles. The van der Waals surface area contributed by atoms with E-state index in [1.54, 1.807) is 10.8 Å². The molecule has 0 saturated heterocycles. The van der Waals surface area contributed by atoms with Gasteiger partial charge in [0.05, 0.1) is 8.07 Å². The lowest BCUT2D eigenvalue weighted by Gasteiger charge is -2.31. The van der Waals surface area contributed by atoms with Crippen LogP contribution >= 0.6 is 0 Å². The fraction of sp³-hybridized carbons (Fsp3) is 0.500. The maximum Gasteiger partial charge on any atom is 0.0771 e. The molecule has 114 valence electrons. The van der Waals surface area contributed by atoms with Gasteiger partial charge in [-0.2, -0.15) is 0 Å². The lowest BCUT2D eigenvalue weighted by atomic mass is 9.73. The molecule has 0 unspecified atom stereocenters. The molecule has 0 fully saturated rings. The molecule has 0 heterocycles. The molecule has 0 spiro atoms. The summed E-state index contributed by atoms with van der Waals surface area (Å²) in [7, 11) is -1.20. The highest BCUT2D eigenvalue weighted by Crippen LogP contribution is 2.41. The highest BCUT2D eigenvalue weighted by Gasteiger charge is 2.32. The average Bonchev–Trinajstić information content (AvgIpc) is 2.75. The first kappa shape index (κ1) is 16.3. The third-order valence-electron chi connectivity index (χ3n) is 4.84. The van der Waals surface area contributed by atoms with Crippen LogP contribution in [0, 0.1) is 20.8 Å². The van der Waals surface area contributed by atoms with E-state index in [9.17, 15) is 0 Å². The first-order chi connectivity index (χ1) is 9.53. The fourth-order valence-corrected chi connectivity index (χ4v) is 5.13. The highest BCUT2D eigenvalue weighted by atomic mass is 28.3. The molecule has 0 radical (unpaired) electrons. The second-order valence-corrected chi connectivity index (χ2v) is 13.3. The quantitative estimate of drug-likeness (QED) is 0.598. The monoisotopic (exact) mass is 298 g/mol. The van der Waals surface area contributed by atoms with Crippen LogP contribution in [0.1, 0.15) is 42.5 Å². The van der Waals surface area contributed by atoms with Crippen molar-refractivity contribution in [2.45, 2.75) is 66.1 Å². The van der Waals surface area contributed by atoms with E-state index in [4.69, 9.17) is 0 Å². The van der Waals surface area contributed by atoms with Gasteiger partial charge in [-0.1, -0.05) is 74.1 Å². The normalized spacial score (nSPS) is 16.0. The topological polar surface area (TPSA) is 0 Å². The minimum absolute atomic E-state index is 0.125. The molecule has 21 heavy (non-hydrogen) atoms. The van der Waals surface area contributed by atoms with Crippen molar-refractivity contribution in [2.24, 2.45) is 0 Å². The number of benzene rings is 1. The molecule has 0 aliphatic heterocycles. The summed E-state index contributed by atoms with van der Waals surface area (Å²) in [4.78, 5) is 0. The molecule has 1 heteroatoms. The van der Waals surface area contributed by atoms with Gasteiger partial charge in [0.15, 0.2) is 0 Å². The van der Waals surface area contributed by atoms with Gasteiger partial charge in [0, 0.05) is 5.41 Å². The van der Waals surface area contributed by atoms with Gasteiger partial charge in [0.25, 0.3) is 0 Å². The van der Waals surface area contributed by atoms with Crippen molar-refractivity contribution in [1.82, 2.24) is 0 Å². The summed E-state index contributed by atoms with van der Waals surface area (Å²) < 4.78 is 0. The zero-order valence-corrected chi connectivity index (χ0v) is 16.0. The van der Waals surface area contributed by atoms with Crippen molar-refractivity contribution < 1.29 is 0 Å². The third kappa shape index (κ3) is 3.08. The van der Waals surface area contributed by atoms with Crippen molar-refractivity contribution in [3.63, 3.8) is 0 Å². The number of hydrogen-bond donors (Lipinski definition) is 0.